The van der Waals surface area contributed by atoms with E-state index in [1.807, 2.05) is 0 Å². The molecule has 0 aliphatic carbocycles. The Morgan fingerprint density at radius 3 is 2.70 bits per heavy atom. The van der Waals surface area contributed by atoms with Crippen LogP contribution < -0.4 is 17.0 Å². The van der Waals surface area contributed by atoms with Crippen LogP contribution in [-0.2, 0) is 11.3 Å². The summed E-state index contributed by atoms with van der Waals surface area (Å²) in [5.74, 6) is 5.09. The first-order valence-corrected chi connectivity index (χ1v) is 6.68. The van der Waals surface area contributed by atoms with Crippen LogP contribution in [0, 0.1) is 5.92 Å². The lowest BCUT2D eigenvalue weighted by atomic mass is 9.93. The minimum atomic E-state index is -0.423. The van der Waals surface area contributed by atoms with Crippen LogP contribution in [0.15, 0.2) is 16.7 Å². The van der Waals surface area contributed by atoms with Gasteiger partial charge in [0, 0.05) is 18.5 Å². The summed E-state index contributed by atoms with van der Waals surface area (Å²) in [7, 11) is 0. The number of nitrogens with zero attached hydrogens (tertiary/aromatic N) is 1. The van der Waals surface area contributed by atoms with Crippen LogP contribution in [0.2, 0.25) is 0 Å². The molecule has 5 N–H and O–H groups in total. The predicted molar refractivity (Wildman–Crippen MR) is 72.2 cm³/mol. The third kappa shape index (κ3) is 3.58. The van der Waals surface area contributed by atoms with E-state index in [1.165, 1.54) is 6.26 Å². The Morgan fingerprint density at radius 1 is 1.40 bits per heavy atom. The number of nitrogen functional groups attached to an aromatic ring is 1. The summed E-state index contributed by atoms with van der Waals surface area (Å²) in [6, 6.07) is 1.78. The molecule has 0 atom stereocenters. The van der Waals surface area contributed by atoms with Crippen molar-refractivity contribution in [3.05, 3.63) is 23.7 Å². The van der Waals surface area contributed by atoms with Crippen LogP contribution in [0.3, 0.4) is 0 Å². The second-order valence-electron chi connectivity index (χ2n) is 5.14. The molecule has 2 heterocycles. The molecule has 0 bridgehead atoms. The van der Waals surface area contributed by atoms with Crippen molar-refractivity contribution in [1.82, 2.24) is 10.3 Å². The Balaban J connectivity index is 1.88. The van der Waals surface area contributed by atoms with Gasteiger partial charge in [0.25, 0.3) is 0 Å². The number of nitrogens with one attached hydrogen (secondary N) is 1. The number of primary amides is 1. The Labute approximate surface area is 117 Å². The van der Waals surface area contributed by atoms with Crippen molar-refractivity contribution in [2.75, 3.05) is 13.1 Å². The monoisotopic (exact) mass is 280 g/mol. The number of hydrogen-bond acceptors (Lipinski definition) is 5. The SMILES string of the molecule is NNC(=O)c1occc1CN1CCC(CC(N)=O)CC1. The minimum Gasteiger partial charge on any atom is -0.459 e. The van der Waals surface area contributed by atoms with Gasteiger partial charge in [-0.3, -0.25) is 19.9 Å². The second kappa shape index (κ2) is 6.53. The highest BCUT2D eigenvalue weighted by Gasteiger charge is 2.23. The minimum absolute atomic E-state index is 0.236. The molecule has 7 heteroatoms. The summed E-state index contributed by atoms with van der Waals surface area (Å²) in [5.41, 5.74) is 8.11. The zero-order valence-corrected chi connectivity index (χ0v) is 11.3. The normalized spacial score (nSPS) is 17.1. The molecule has 20 heavy (non-hydrogen) atoms. The maximum Gasteiger partial charge on any atom is 0.301 e. The van der Waals surface area contributed by atoms with Gasteiger partial charge in [-0.2, -0.15) is 0 Å². The van der Waals surface area contributed by atoms with E-state index < -0.39 is 5.91 Å². The molecule has 1 aliphatic heterocycles. The summed E-state index contributed by atoms with van der Waals surface area (Å²) in [6.45, 7) is 2.40. The molecule has 2 amide bonds. The van der Waals surface area contributed by atoms with Crippen molar-refractivity contribution in [3.63, 3.8) is 0 Å². The van der Waals surface area contributed by atoms with Crippen molar-refractivity contribution in [2.24, 2.45) is 17.5 Å². The molecule has 0 saturated carbocycles. The van der Waals surface area contributed by atoms with Gasteiger partial charge in [0.1, 0.15) is 0 Å². The summed E-state index contributed by atoms with van der Waals surface area (Å²) < 4.78 is 5.15. The predicted octanol–water partition coefficient (Wildman–Crippen LogP) is -0.0295. The lowest BCUT2D eigenvalue weighted by Gasteiger charge is -2.31. The average molecular weight is 280 g/mol. The van der Waals surface area contributed by atoms with Crippen molar-refractivity contribution in [3.8, 4) is 0 Å². The number of rotatable bonds is 5. The fraction of sp³-hybridized carbons (Fsp3) is 0.538. The van der Waals surface area contributed by atoms with Crippen molar-refractivity contribution in [1.29, 1.82) is 0 Å². The number of hydrazine groups is 1. The van der Waals surface area contributed by atoms with E-state index in [0.29, 0.717) is 18.9 Å². The topological polar surface area (TPSA) is 115 Å². The van der Waals surface area contributed by atoms with Crippen LogP contribution in [0.25, 0.3) is 0 Å². The fourth-order valence-corrected chi connectivity index (χ4v) is 2.60. The molecule has 1 aliphatic rings. The van der Waals surface area contributed by atoms with Gasteiger partial charge in [-0.15, -0.1) is 0 Å². The highest BCUT2D eigenvalue weighted by atomic mass is 16.3. The molecule has 110 valence electrons. The lowest BCUT2D eigenvalue weighted by molar-refractivity contribution is -0.119. The maximum atomic E-state index is 11.5. The van der Waals surface area contributed by atoms with E-state index in [1.54, 1.807) is 6.07 Å². The van der Waals surface area contributed by atoms with Gasteiger partial charge >= 0.3 is 5.91 Å². The fourth-order valence-electron chi connectivity index (χ4n) is 2.60. The molecular formula is C13H20N4O3. The van der Waals surface area contributed by atoms with Gasteiger partial charge in [-0.25, -0.2) is 5.84 Å². The van der Waals surface area contributed by atoms with Gasteiger partial charge in [0.05, 0.1) is 6.26 Å². The van der Waals surface area contributed by atoms with Crippen LogP contribution in [-0.4, -0.2) is 29.8 Å². The summed E-state index contributed by atoms with van der Waals surface area (Å²) >= 11 is 0. The number of nitrogens with two attached hydrogens (primary N) is 2. The third-order valence-electron chi connectivity index (χ3n) is 3.68. The maximum absolute atomic E-state index is 11.5. The van der Waals surface area contributed by atoms with Crippen molar-refractivity contribution >= 4 is 11.8 Å². The molecular weight excluding hydrogens is 260 g/mol. The molecule has 0 spiro atoms. The van der Waals surface area contributed by atoms with Gasteiger partial charge in [0.15, 0.2) is 5.76 Å². The van der Waals surface area contributed by atoms with Gasteiger partial charge in [-0.05, 0) is 37.9 Å². The van der Waals surface area contributed by atoms with Crippen LogP contribution in [0.4, 0.5) is 0 Å². The largest absolute Gasteiger partial charge is 0.459 e. The molecule has 0 aromatic carbocycles. The van der Waals surface area contributed by atoms with Gasteiger partial charge in [-0.1, -0.05) is 0 Å². The number of piperidine rings is 1. The highest BCUT2D eigenvalue weighted by Crippen LogP contribution is 2.22. The zero-order chi connectivity index (χ0) is 14.5. The molecule has 0 unspecified atom stereocenters. The molecule has 1 fully saturated rings. The molecule has 2 rings (SSSR count). The summed E-state index contributed by atoms with van der Waals surface area (Å²) in [4.78, 5) is 24.6. The Kier molecular flexibility index (Phi) is 4.75. The summed E-state index contributed by atoms with van der Waals surface area (Å²) in [6.07, 6.45) is 3.83. The Hall–Kier alpha value is -1.86. The lowest BCUT2D eigenvalue weighted by Crippen LogP contribution is -2.35. The van der Waals surface area contributed by atoms with E-state index in [9.17, 15) is 9.59 Å². The highest BCUT2D eigenvalue weighted by molar-refractivity contribution is 5.92. The first-order chi connectivity index (χ1) is 9.60. The van der Waals surface area contributed by atoms with Gasteiger partial charge < -0.3 is 10.2 Å². The van der Waals surface area contributed by atoms with E-state index in [0.717, 1.165) is 31.5 Å². The number of carbonyl (C=O) groups excluding carboxylic acids is 2. The first-order valence-electron chi connectivity index (χ1n) is 6.68. The van der Waals surface area contributed by atoms with E-state index in [-0.39, 0.29) is 11.7 Å². The molecule has 1 saturated heterocycles. The average Bonchev–Trinajstić information content (AvgIpc) is 2.87. The number of amides is 2. The van der Waals surface area contributed by atoms with Gasteiger partial charge in [0.2, 0.25) is 5.91 Å². The number of carbonyl (C=O) groups is 2. The molecule has 0 radical (unpaired) electrons. The summed E-state index contributed by atoms with van der Waals surface area (Å²) in [5, 5.41) is 0. The number of hydrogen-bond donors (Lipinski definition) is 3. The van der Waals surface area contributed by atoms with Crippen LogP contribution >= 0.6 is 0 Å². The van der Waals surface area contributed by atoms with Crippen molar-refractivity contribution < 1.29 is 14.0 Å². The first kappa shape index (κ1) is 14.5. The zero-order valence-electron chi connectivity index (χ0n) is 11.3. The standard InChI is InChI=1S/C13H20N4O3/c14-11(18)7-9-1-4-17(5-2-9)8-10-3-6-20-12(10)13(19)16-15/h3,6,9H,1-2,4-5,7-8,15H2,(H2,14,18)(H,16,19). The number of likely N-dealkylation sites (tertiary alicyclic amines) is 1. The molecule has 1 aromatic heterocycles. The van der Waals surface area contributed by atoms with Crippen LogP contribution in [0.1, 0.15) is 35.4 Å². The molecule has 1 aromatic rings. The van der Waals surface area contributed by atoms with E-state index in [4.69, 9.17) is 16.0 Å². The quantitative estimate of drug-likeness (QED) is 0.398. The van der Waals surface area contributed by atoms with Crippen LogP contribution in [0.5, 0.6) is 0 Å². The van der Waals surface area contributed by atoms with E-state index >= 15 is 0 Å². The molecule has 7 nitrogen and oxygen atoms in total. The smallest absolute Gasteiger partial charge is 0.301 e. The van der Waals surface area contributed by atoms with Crippen molar-refractivity contribution in [2.45, 2.75) is 25.8 Å². The second-order valence-corrected chi connectivity index (χ2v) is 5.14. The Morgan fingerprint density at radius 2 is 2.10 bits per heavy atom. The third-order valence-corrected chi connectivity index (χ3v) is 3.68. The van der Waals surface area contributed by atoms with E-state index in [2.05, 4.69) is 10.3 Å². The Bertz CT molecular complexity index is 478. The number of furan rings is 1.